The van der Waals surface area contributed by atoms with Crippen LogP contribution in [0.1, 0.15) is 142 Å². The number of hydrogen-bond acceptors (Lipinski definition) is 1. The van der Waals surface area contributed by atoms with E-state index in [-0.39, 0.29) is 21.1 Å². The summed E-state index contributed by atoms with van der Waals surface area (Å²) >= 11 is 2.44. The van der Waals surface area contributed by atoms with Gasteiger partial charge in [0.1, 0.15) is 0 Å². The van der Waals surface area contributed by atoms with Gasteiger partial charge in [0, 0.05) is 0 Å². The van der Waals surface area contributed by atoms with Crippen LogP contribution in [-0.2, 0) is 0 Å². The predicted molar refractivity (Wildman–Crippen MR) is 138 cm³/mol. The van der Waals surface area contributed by atoms with Crippen molar-refractivity contribution in [2.45, 2.75) is 152 Å². The Kier molecular flexibility index (Phi) is 36.7. The van der Waals surface area contributed by atoms with Gasteiger partial charge in [-0.1, -0.05) is 129 Å². The molecule has 0 atom stereocenters. The number of hydrogen-bond donors (Lipinski definition) is 0. The molecule has 28 heavy (non-hydrogen) atoms. The summed E-state index contributed by atoms with van der Waals surface area (Å²) in [4.78, 5) is 4.59. The molecule has 0 heterocycles. The molecule has 0 fully saturated rings. The molecular formula is C26H56SSn. The molecule has 0 amide bonds. The Morgan fingerprint density at radius 2 is 0.607 bits per heavy atom. The number of thioether (sulfide) groups is 1. The predicted octanol–water partition coefficient (Wildman–Crippen LogP) is 10.3. The first kappa shape index (κ1) is 31.3. The summed E-state index contributed by atoms with van der Waals surface area (Å²) in [5.41, 5.74) is 0. The van der Waals surface area contributed by atoms with Crippen LogP contribution in [0.2, 0.25) is 9.88 Å². The zero-order valence-electron chi connectivity index (χ0n) is 20.5. The Morgan fingerprint density at radius 3 is 0.857 bits per heavy atom. The van der Waals surface area contributed by atoms with Crippen molar-refractivity contribution in [3.63, 3.8) is 0 Å². The fraction of sp³-hybridized carbons (Fsp3) is 1.00. The van der Waals surface area contributed by atoms with E-state index in [1.165, 1.54) is 140 Å². The molecular weight excluding hydrogens is 463 g/mol. The normalized spacial score (nSPS) is 10.7. The topological polar surface area (TPSA) is 0 Å². The molecule has 0 bridgehead atoms. The van der Waals surface area contributed by atoms with Crippen LogP contribution in [-0.4, -0.2) is 32.6 Å². The van der Waals surface area contributed by atoms with Crippen LogP contribution in [0.15, 0.2) is 0 Å². The van der Waals surface area contributed by atoms with Crippen LogP contribution in [0.25, 0.3) is 0 Å². The molecule has 0 nitrogen and oxygen atoms in total. The van der Waals surface area contributed by atoms with Crippen LogP contribution in [0.5, 0.6) is 0 Å². The maximum atomic E-state index is 2.30. The van der Waals surface area contributed by atoms with Crippen molar-refractivity contribution in [2.75, 3.05) is 11.5 Å². The molecule has 0 spiro atoms. The molecule has 0 saturated carbocycles. The molecule has 0 aliphatic carbocycles. The van der Waals surface area contributed by atoms with E-state index in [1.54, 1.807) is 0 Å². The first-order chi connectivity index (χ1) is 13.8. The van der Waals surface area contributed by atoms with E-state index >= 15 is 0 Å². The van der Waals surface area contributed by atoms with E-state index in [1.807, 2.05) is 0 Å². The van der Waals surface area contributed by atoms with Gasteiger partial charge in [-0.05, 0) is 24.3 Å². The standard InChI is InChI=1S/C24H50S.2CH3.Sn/c1-3-5-7-9-11-13-15-17-19-21-23-25-24-22-20-18-16-14-12-10-8-6-4-2;;;/h3-24H2,1-2H3;2*1H3;. The van der Waals surface area contributed by atoms with Crippen molar-refractivity contribution in [3.05, 3.63) is 0 Å². The second-order valence-corrected chi connectivity index (χ2v) is 12.6. The van der Waals surface area contributed by atoms with Gasteiger partial charge in [0.05, 0.1) is 0 Å². The Morgan fingerprint density at radius 1 is 0.393 bits per heavy atom. The van der Waals surface area contributed by atoms with Crippen LogP contribution in [0, 0.1) is 0 Å². The zero-order chi connectivity index (χ0) is 21.0. The summed E-state index contributed by atoms with van der Waals surface area (Å²) in [7, 11) is 0. The quantitative estimate of drug-likeness (QED) is 0.101. The second-order valence-electron chi connectivity index (χ2n) is 8.48. The molecule has 2 radical (unpaired) electrons. The van der Waals surface area contributed by atoms with Gasteiger partial charge in [0.15, 0.2) is 0 Å². The Balaban J connectivity index is 0. The zero-order valence-corrected chi connectivity index (χ0v) is 24.1. The summed E-state index contributed by atoms with van der Waals surface area (Å²) in [6.07, 6.45) is 29.2. The van der Waals surface area contributed by atoms with Crippen LogP contribution >= 0.6 is 11.8 Å². The Hall–Kier alpha value is 1.15. The Labute approximate surface area is 195 Å². The van der Waals surface area contributed by atoms with Gasteiger partial charge in [-0.15, -0.1) is 0 Å². The summed E-state index contributed by atoms with van der Waals surface area (Å²) < 4.78 is 0. The summed E-state index contributed by atoms with van der Waals surface area (Å²) in [6, 6.07) is 0. The molecule has 0 unspecified atom stereocenters. The average Bonchev–Trinajstić information content (AvgIpc) is 2.70. The minimum absolute atomic E-state index is 0.230. The molecule has 0 rings (SSSR count). The van der Waals surface area contributed by atoms with Crippen LogP contribution in [0.4, 0.5) is 0 Å². The van der Waals surface area contributed by atoms with E-state index < -0.39 is 0 Å². The summed E-state index contributed by atoms with van der Waals surface area (Å²) in [6.45, 7) is 4.60. The molecule has 0 N–H and O–H groups in total. The molecule has 170 valence electrons. The molecule has 0 saturated heterocycles. The fourth-order valence-corrected chi connectivity index (χ4v) is 4.51. The molecule has 0 aromatic heterocycles. The third-order valence-corrected chi connectivity index (χ3v) is 6.44. The molecule has 0 aromatic carbocycles. The average molecular weight is 520 g/mol. The fourth-order valence-electron chi connectivity index (χ4n) is 3.49. The second kappa shape index (κ2) is 32.8. The van der Waals surface area contributed by atoms with Crippen molar-refractivity contribution in [1.29, 1.82) is 0 Å². The van der Waals surface area contributed by atoms with Gasteiger partial charge < -0.3 is 0 Å². The first-order valence-corrected chi connectivity index (χ1v) is 19.9. The van der Waals surface area contributed by atoms with Crippen LogP contribution < -0.4 is 0 Å². The SMILES string of the molecule is CCCCCCCCCCCCSCCCCCCCCCCCC.[CH3][Sn][CH3]. The summed E-state index contributed by atoms with van der Waals surface area (Å²) in [5, 5.41) is 0. The van der Waals surface area contributed by atoms with Gasteiger partial charge in [-0.2, -0.15) is 11.8 Å². The Bertz CT molecular complexity index is 210. The number of rotatable bonds is 22. The minimum atomic E-state index is 0.230. The molecule has 2 heteroatoms. The number of unbranched alkanes of at least 4 members (excludes halogenated alkanes) is 18. The van der Waals surface area contributed by atoms with Crippen LogP contribution in [0.3, 0.4) is 0 Å². The van der Waals surface area contributed by atoms with Gasteiger partial charge >= 0.3 is 31.0 Å². The van der Waals surface area contributed by atoms with E-state index in [0.717, 1.165) is 0 Å². The van der Waals surface area contributed by atoms with Gasteiger partial charge in [0.25, 0.3) is 0 Å². The molecule has 0 aromatic rings. The summed E-state index contributed by atoms with van der Waals surface area (Å²) in [5.74, 6) is 2.82. The van der Waals surface area contributed by atoms with Crippen molar-refractivity contribution >= 4 is 32.9 Å². The van der Waals surface area contributed by atoms with Crippen molar-refractivity contribution in [3.8, 4) is 0 Å². The van der Waals surface area contributed by atoms with Gasteiger partial charge in [-0.25, -0.2) is 0 Å². The van der Waals surface area contributed by atoms with Crippen molar-refractivity contribution < 1.29 is 0 Å². The van der Waals surface area contributed by atoms with Crippen molar-refractivity contribution in [1.82, 2.24) is 0 Å². The van der Waals surface area contributed by atoms with E-state index in [0.29, 0.717) is 0 Å². The maximum absolute atomic E-state index is 2.30. The monoisotopic (exact) mass is 520 g/mol. The van der Waals surface area contributed by atoms with Gasteiger partial charge in [-0.3, -0.25) is 0 Å². The van der Waals surface area contributed by atoms with Crippen molar-refractivity contribution in [2.24, 2.45) is 0 Å². The molecule has 0 aliphatic heterocycles. The van der Waals surface area contributed by atoms with E-state index in [4.69, 9.17) is 0 Å². The molecule has 0 aliphatic rings. The third kappa shape index (κ3) is 34.6. The van der Waals surface area contributed by atoms with E-state index in [9.17, 15) is 0 Å². The van der Waals surface area contributed by atoms with E-state index in [2.05, 4.69) is 35.5 Å². The first-order valence-electron chi connectivity index (χ1n) is 13.0. The van der Waals surface area contributed by atoms with Gasteiger partial charge in [0.2, 0.25) is 0 Å². The third-order valence-electron chi connectivity index (χ3n) is 5.28.